The highest BCUT2D eigenvalue weighted by Gasteiger charge is 2.69. The normalized spacial score (nSPS) is 23.1. The van der Waals surface area contributed by atoms with E-state index in [-0.39, 0.29) is 0 Å². The van der Waals surface area contributed by atoms with Gasteiger partial charge in [-0.25, -0.2) is 0 Å². The molecule has 0 spiro atoms. The number of benzene rings is 2. The van der Waals surface area contributed by atoms with Gasteiger partial charge in [0.1, 0.15) is 8.07 Å². The summed E-state index contributed by atoms with van der Waals surface area (Å²) in [6, 6.07) is 14.5. The molecule has 0 amide bonds. The van der Waals surface area contributed by atoms with E-state index in [1.54, 1.807) is 22.3 Å². The van der Waals surface area contributed by atoms with Crippen molar-refractivity contribution in [2.24, 2.45) is 0 Å². The van der Waals surface area contributed by atoms with Crippen LogP contribution in [0.5, 0.6) is 0 Å². The quantitative estimate of drug-likeness (QED) is 0.557. The van der Waals surface area contributed by atoms with Crippen LogP contribution in [0.25, 0.3) is 0 Å². The standard InChI is InChI=1S/C26H36Si/c1-5-19-13-11-14-20(6-2)25(19)27(23-17-9-10-18-24(23)27)26-21(7-3)15-12-16-22(26)8-4/h11-16,23-24H,5-10,17-18H2,1-4H3. The van der Waals surface area contributed by atoms with Crippen LogP contribution in [0.15, 0.2) is 36.4 Å². The van der Waals surface area contributed by atoms with Crippen molar-refractivity contribution in [2.45, 2.75) is 90.1 Å². The average molecular weight is 377 g/mol. The molecular weight excluding hydrogens is 340 g/mol. The molecule has 0 radical (unpaired) electrons. The highest BCUT2D eigenvalue weighted by Crippen LogP contribution is 2.67. The lowest BCUT2D eigenvalue weighted by Gasteiger charge is -2.28. The molecule has 27 heavy (non-hydrogen) atoms. The van der Waals surface area contributed by atoms with E-state index in [4.69, 9.17) is 0 Å². The molecule has 1 aliphatic carbocycles. The van der Waals surface area contributed by atoms with Gasteiger partial charge in [0.2, 0.25) is 0 Å². The van der Waals surface area contributed by atoms with Gasteiger partial charge in [0.05, 0.1) is 0 Å². The summed E-state index contributed by atoms with van der Waals surface area (Å²) >= 11 is 0. The maximum atomic E-state index is 2.45. The van der Waals surface area contributed by atoms with Crippen molar-refractivity contribution >= 4 is 18.4 Å². The molecule has 1 saturated carbocycles. The second kappa shape index (κ2) is 7.58. The Labute approximate surface area is 167 Å². The molecule has 2 atom stereocenters. The van der Waals surface area contributed by atoms with Crippen LogP contribution in [0.1, 0.15) is 75.6 Å². The first-order chi connectivity index (χ1) is 13.2. The number of aryl methyl sites for hydroxylation is 4. The summed E-state index contributed by atoms with van der Waals surface area (Å²) in [7, 11) is -1.66. The second-order valence-corrected chi connectivity index (χ2v) is 12.9. The molecule has 1 heteroatoms. The molecule has 1 heterocycles. The van der Waals surface area contributed by atoms with Crippen LogP contribution in [0, 0.1) is 0 Å². The van der Waals surface area contributed by atoms with Crippen LogP contribution in [0.4, 0.5) is 0 Å². The lowest BCUT2D eigenvalue weighted by molar-refractivity contribution is 0.561. The monoisotopic (exact) mass is 376 g/mol. The molecule has 2 aliphatic rings. The van der Waals surface area contributed by atoms with Gasteiger partial charge in [0, 0.05) is 0 Å². The van der Waals surface area contributed by atoms with Gasteiger partial charge < -0.3 is 0 Å². The minimum absolute atomic E-state index is 1.00. The Bertz CT molecular complexity index is 705. The lowest BCUT2D eigenvalue weighted by atomic mass is 10.0. The minimum atomic E-state index is -1.66. The summed E-state index contributed by atoms with van der Waals surface area (Å²) in [6.45, 7) is 9.50. The third-order valence-electron chi connectivity index (χ3n) is 7.65. The van der Waals surface area contributed by atoms with E-state index in [9.17, 15) is 0 Å². The first kappa shape index (κ1) is 19.0. The highest BCUT2D eigenvalue weighted by atomic mass is 28.3. The fourth-order valence-electron chi connectivity index (χ4n) is 6.54. The SMILES string of the molecule is CCc1cccc(CC)c1[Si]1(c2c(CC)cccc2CC)C2CCCCC21. The summed E-state index contributed by atoms with van der Waals surface area (Å²) < 4.78 is 0. The van der Waals surface area contributed by atoms with Gasteiger partial charge in [0.15, 0.2) is 0 Å². The van der Waals surface area contributed by atoms with Crippen LogP contribution in [-0.2, 0) is 25.7 Å². The van der Waals surface area contributed by atoms with Crippen LogP contribution in [0.3, 0.4) is 0 Å². The van der Waals surface area contributed by atoms with E-state index < -0.39 is 8.07 Å². The molecule has 4 rings (SSSR count). The Balaban J connectivity index is 2.05. The maximum Gasteiger partial charge on any atom is 0.125 e. The van der Waals surface area contributed by atoms with Gasteiger partial charge >= 0.3 is 0 Å². The van der Waals surface area contributed by atoms with E-state index in [2.05, 4.69) is 64.1 Å². The van der Waals surface area contributed by atoms with Crippen molar-refractivity contribution in [1.82, 2.24) is 0 Å². The number of fused-ring (bicyclic) bond motifs is 1. The summed E-state index contributed by atoms with van der Waals surface area (Å²) in [5, 5.41) is 3.75. The van der Waals surface area contributed by atoms with Gasteiger partial charge in [-0.05, 0) is 69.4 Å². The smallest absolute Gasteiger partial charge is 0.0617 e. The maximum absolute atomic E-state index is 2.45. The first-order valence-electron chi connectivity index (χ1n) is 11.5. The van der Waals surface area contributed by atoms with Crippen LogP contribution < -0.4 is 10.4 Å². The molecule has 144 valence electrons. The largest absolute Gasteiger partial charge is 0.125 e. The van der Waals surface area contributed by atoms with Gasteiger partial charge in [-0.15, -0.1) is 0 Å². The fourth-order valence-corrected chi connectivity index (χ4v) is 14.7. The molecule has 2 fully saturated rings. The third kappa shape index (κ3) is 2.77. The van der Waals surface area contributed by atoms with Gasteiger partial charge in [-0.3, -0.25) is 0 Å². The lowest BCUT2D eigenvalue weighted by Crippen LogP contribution is -2.53. The van der Waals surface area contributed by atoms with Crippen molar-refractivity contribution in [1.29, 1.82) is 0 Å². The van der Waals surface area contributed by atoms with Crippen molar-refractivity contribution in [3.05, 3.63) is 58.7 Å². The Morgan fingerprint density at radius 2 is 0.963 bits per heavy atom. The van der Waals surface area contributed by atoms with Crippen molar-refractivity contribution in [2.75, 3.05) is 0 Å². The second-order valence-electron chi connectivity index (χ2n) is 8.68. The fraction of sp³-hybridized carbons (Fsp3) is 0.538. The molecule has 0 N–H and O–H groups in total. The highest BCUT2D eigenvalue weighted by molar-refractivity contribution is 7.13. The molecule has 2 unspecified atom stereocenters. The van der Waals surface area contributed by atoms with Crippen molar-refractivity contribution in [3.63, 3.8) is 0 Å². The first-order valence-corrected chi connectivity index (χ1v) is 13.6. The Kier molecular flexibility index (Phi) is 5.33. The van der Waals surface area contributed by atoms with Crippen molar-refractivity contribution in [3.8, 4) is 0 Å². The van der Waals surface area contributed by atoms with E-state index >= 15 is 0 Å². The summed E-state index contributed by atoms with van der Waals surface area (Å²) in [5.74, 6) is 0. The van der Waals surface area contributed by atoms with E-state index in [0.717, 1.165) is 11.1 Å². The summed E-state index contributed by atoms with van der Waals surface area (Å²) in [5.41, 5.74) is 8.68. The predicted octanol–water partition coefficient (Wildman–Crippen LogP) is 5.83. The zero-order valence-electron chi connectivity index (χ0n) is 17.8. The Morgan fingerprint density at radius 3 is 1.26 bits per heavy atom. The zero-order chi connectivity index (χ0) is 19.0. The molecular formula is C26H36Si. The van der Waals surface area contributed by atoms with Crippen molar-refractivity contribution < 1.29 is 0 Å². The van der Waals surface area contributed by atoms with Crippen LogP contribution >= 0.6 is 0 Å². The van der Waals surface area contributed by atoms with Gasteiger partial charge in [0.25, 0.3) is 0 Å². The van der Waals surface area contributed by atoms with Gasteiger partial charge in [-0.2, -0.15) is 0 Å². The van der Waals surface area contributed by atoms with E-state index in [1.807, 2.05) is 10.4 Å². The number of hydrogen-bond donors (Lipinski definition) is 0. The zero-order valence-corrected chi connectivity index (χ0v) is 18.8. The topological polar surface area (TPSA) is 0 Å². The minimum Gasteiger partial charge on any atom is -0.0617 e. The number of rotatable bonds is 6. The van der Waals surface area contributed by atoms with E-state index in [1.165, 1.54) is 51.4 Å². The molecule has 1 saturated heterocycles. The molecule has 0 aromatic heterocycles. The number of hydrogen-bond acceptors (Lipinski definition) is 0. The predicted molar refractivity (Wildman–Crippen MR) is 121 cm³/mol. The molecule has 0 bridgehead atoms. The average Bonchev–Trinajstić information content (AvgIpc) is 3.41. The van der Waals surface area contributed by atoms with Gasteiger partial charge in [-0.1, -0.05) is 89.8 Å². The summed E-state index contributed by atoms with van der Waals surface area (Å²) in [6.07, 6.45) is 10.6. The van der Waals surface area contributed by atoms with Crippen LogP contribution in [-0.4, -0.2) is 8.07 Å². The molecule has 2 aromatic rings. The molecule has 2 aromatic carbocycles. The van der Waals surface area contributed by atoms with Crippen LogP contribution in [0.2, 0.25) is 11.1 Å². The Hall–Kier alpha value is -1.34. The Morgan fingerprint density at radius 1 is 0.630 bits per heavy atom. The summed E-state index contributed by atoms with van der Waals surface area (Å²) in [4.78, 5) is 0. The van der Waals surface area contributed by atoms with E-state index in [0.29, 0.717) is 0 Å². The third-order valence-corrected chi connectivity index (χ3v) is 13.9. The molecule has 0 nitrogen and oxygen atoms in total. The molecule has 1 aliphatic heterocycles.